The summed E-state index contributed by atoms with van der Waals surface area (Å²) in [6, 6.07) is -0.174. The van der Waals surface area contributed by atoms with E-state index in [0.717, 1.165) is 25.7 Å². The molecule has 1 heterocycles. The van der Waals surface area contributed by atoms with Gasteiger partial charge in [-0.25, -0.2) is 13.1 Å². The van der Waals surface area contributed by atoms with Gasteiger partial charge in [-0.3, -0.25) is 4.68 Å². The van der Waals surface area contributed by atoms with E-state index in [-0.39, 0.29) is 10.9 Å². The van der Waals surface area contributed by atoms with Crippen molar-refractivity contribution < 1.29 is 8.42 Å². The summed E-state index contributed by atoms with van der Waals surface area (Å²) in [5.74, 6) is 0.358. The maximum absolute atomic E-state index is 12.4. The van der Waals surface area contributed by atoms with Gasteiger partial charge in [0.2, 0.25) is 10.0 Å². The minimum absolute atomic E-state index is 0.174. The van der Waals surface area contributed by atoms with Gasteiger partial charge in [-0.15, -0.1) is 0 Å². The number of rotatable bonds is 5. The molecule has 3 N–H and O–H groups in total. The summed E-state index contributed by atoms with van der Waals surface area (Å²) in [4.78, 5) is 0.242. The fraction of sp³-hybridized carbons (Fsp3) is 0.750. The molecular weight excluding hydrogens is 264 g/mol. The fourth-order valence-electron chi connectivity index (χ4n) is 2.70. The molecule has 0 radical (unpaired) electrons. The molecule has 1 saturated carbocycles. The molecule has 1 fully saturated rings. The number of nitrogens with two attached hydrogens (primary N) is 1. The molecule has 0 saturated heterocycles. The molecule has 7 heteroatoms. The summed E-state index contributed by atoms with van der Waals surface area (Å²) in [5.41, 5.74) is 6.37. The Hall–Kier alpha value is -0.920. The van der Waals surface area contributed by atoms with Gasteiger partial charge in [0, 0.05) is 19.6 Å². The number of hydrogen-bond acceptors (Lipinski definition) is 4. The molecule has 0 aromatic carbocycles. The lowest BCUT2D eigenvalue weighted by Gasteiger charge is -2.22. The van der Waals surface area contributed by atoms with Crippen molar-refractivity contribution in [3.63, 3.8) is 0 Å². The van der Waals surface area contributed by atoms with Crippen LogP contribution in [-0.4, -0.2) is 30.8 Å². The number of nitrogens with one attached hydrogen (secondary N) is 1. The van der Waals surface area contributed by atoms with E-state index in [1.165, 1.54) is 6.20 Å². The van der Waals surface area contributed by atoms with Gasteiger partial charge in [-0.2, -0.15) is 5.10 Å². The highest BCUT2D eigenvalue weighted by Gasteiger charge is 2.29. The first-order valence-electron chi connectivity index (χ1n) is 6.66. The van der Waals surface area contributed by atoms with Crippen LogP contribution in [0.4, 0.5) is 0 Å². The molecular formula is C12H22N4O2S. The molecule has 1 aliphatic rings. The zero-order valence-electron chi connectivity index (χ0n) is 11.5. The summed E-state index contributed by atoms with van der Waals surface area (Å²) >= 11 is 0. The number of sulfonamides is 1. The van der Waals surface area contributed by atoms with Gasteiger partial charge in [0.1, 0.15) is 4.90 Å². The van der Waals surface area contributed by atoms with E-state index in [4.69, 9.17) is 5.73 Å². The molecule has 6 nitrogen and oxygen atoms in total. The first-order valence-corrected chi connectivity index (χ1v) is 8.15. The number of hydrogen-bond donors (Lipinski definition) is 2. The lowest BCUT2D eigenvalue weighted by molar-refractivity contribution is 0.405. The van der Waals surface area contributed by atoms with Crippen molar-refractivity contribution >= 4 is 10.0 Å². The van der Waals surface area contributed by atoms with Crippen molar-refractivity contribution in [3.05, 3.63) is 11.9 Å². The maximum Gasteiger partial charge on any atom is 0.244 e. The van der Waals surface area contributed by atoms with Crippen molar-refractivity contribution in [1.82, 2.24) is 14.5 Å². The molecule has 0 amide bonds. The minimum atomic E-state index is -3.53. The van der Waals surface area contributed by atoms with E-state index in [2.05, 4.69) is 9.82 Å². The molecule has 1 unspecified atom stereocenters. The molecule has 1 atom stereocenters. The number of aryl methyl sites for hydroxylation is 1. The van der Waals surface area contributed by atoms with Crippen LogP contribution >= 0.6 is 0 Å². The van der Waals surface area contributed by atoms with Crippen LogP contribution in [0, 0.1) is 12.8 Å². The Morgan fingerprint density at radius 1 is 1.53 bits per heavy atom. The quantitative estimate of drug-likeness (QED) is 0.826. The lowest BCUT2D eigenvalue weighted by Crippen LogP contribution is -2.44. The normalized spacial score (nSPS) is 18.9. The zero-order valence-corrected chi connectivity index (χ0v) is 12.3. The first kappa shape index (κ1) is 14.5. The van der Waals surface area contributed by atoms with Gasteiger partial charge < -0.3 is 5.73 Å². The molecule has 0 aliphatic heterocycles. The average molecular weight is 286 g/mol. The van der Waals surface area contributed by atoms with Gasteiger partial charge in [-0.05, 0) is 25.7 Å². The Bertz CT molecular complexity index is 532. The Morgan fingerprint density at radius 2 is 2.16 bits per heavy atom. The predicted molar refractivity (Wildman–Crippen MR) is 73.1 cm³/mol. The van der Waals surface area contributed by atoms with Crippen molar-refractivity contribution in [1.29, 1.82) is 0 Å². The van der Waals surface area contributed by atoms with Crippen molar-refractivity contribution in [2.45, 2.75) is 43.5 Å². The second kappa shape index (κ2) is 5.60. The molecule has 1 aliphatic carbocycles. The van der Waals surface area contributed by atoms with Crippen LogP contribution < -0.4 is 10.5 Å². The Balaban J connectivity index is 2.18. The van der Waals surface area contributed by atoms with Gasteiger partial charge in [0.05, 0.1) is 11.9 Å². The minimum Gasteiger partial charge on any atom is -0.329 e. The monoisotopic (exact) mass is 286 g/mol. The molecule has 2 rings (SSSR count). The summed E-state index contributed by atoms with van der Waals surface area (Å²) in [6.45, 7) is 2.08. The molecule has 0 bridgehead atoms. The van der Waals surface area contributed by atoms with Crippen LogP contribution in [0.1, 0.15) is 31.4 Å². The summed E-state index contributed by atoms with van der Waals surface area (Å²) in [5, 5.41) is 3.98. The maximum atomic E-state index is 12.4. The van der Waals surface area contributed by atoms with E-state index in [0.29, 0.717) is 18.2 Å². The standard InChI is InChI=1S/C12H22N4O2S/c1-9-12(8-14-16(9)2)19(17,18)15-11(7-13)10-5-3-4-6-10/h8,10-11,15H,3-7,13H2,1-2H3. The second-order valence-corrected chi connectivity index (χ2v) is 6.91. The van der Waals surface area contributed by atoms with Crippen LogP contribution in [0.3, 0.4) is 0 Å². The molecule has 1 aromatic heterocycles. The van der Waals surface area contributed by atoms with E-state index in [1.54, 1.807) is 18.7 Å². The summed E-state index contributed by atoms with van der Waals surface area (Å²) in [7, 11) is -1.80. The van der Waals surface area contributed by atoms with Crippen LogP contribution in [0.15, 0.2) is 11.1 Å². The summed E-state index contributed by atoms with van der Waals surface area (Å²) in [6.07, 6.45) is 5.82. The third-order valence-corrected chi connectivity index (χ3v) is 5.60. The average Bonchev–Trinajstić information content (AvgIpc) is 2.98. The van der Waals surface area contributed by atoms with Crippen LogP contribution in [0.5, 0.6) is 0 Å². The molecule has 19 heavy (non-hydrogen) atoms. The van der Waals surface area contributed by atoms with Gasteiger partial charge in [0.15, 0.2) is 0 Å². The SMILES string of the molecule is Cc1c(S(=O)(=O)NC(CN)C2CCCC2)cnn1C. The van der Waals surface area contributed by atoms with E-state index < -0.39 is 10.0 Å². The highest BCUT2D eigenvalue weighted by molar-refractivity contribution is 7.89. The fourth-order valence-corrected chi connectivity index (χ4v) is 4.22. The Kier molecular flexibility index (Phi) is 4.27. The third kappa shape index (κ3) is 2.98. The number of aromatic nitrogens is 2. The third-order valence-electron chi connectivity index (χ3n) is 4.01. The highest BCUT2D eigenvalue weighted by Crippen LogP contribution is 2.28. The number of nitrogens with zero attached hydrogens (tertiary/aromatic N) is 2. The first-order chi connectivity index (χ1) is 8.95. The van der Waals surface area contributed by atoms with Crippen LogP contribution in [-0.2, 0) is 17.1 Å². The predicted octanol–water partition coefficient (Wildman–Crippen LogP) is 0.524. The highest BCUT2D eigenvalue weighted by atomic mass is 32.2. The smallest absolute Gasteiger partial charge is 0.244 e. The van der Waals surface area contributed by atoms with Gasteiger partial charge in [-0.1, -0.05) is 12.8 Å². The second-order valence-electron chi connectivity index (χ2n) is 5.23. The van der Waals surface area contributed by atoms with E-state index in [9.17, 15) is 8.42 Å². The van der Waals surface area contributed by atoms with E-state index >= 15 is 0 Å². The van der Waals surface area contributed by atoms with Crippen molar-refractivity contribution in [2.75, 3.05) is 6.54 Å². The topological polar surface area (TPSA) is 90.0 Å². The zero-order chi connectivity index (χ0) is 14.0. The lowest BCUT2D eigenvalue weighted by atomic mass is 9.99. The molecule has 108 valence electrons. The van der Waals surface area contributed by atoms with Gasteiger partial charge >= 0.3 is 0 Å². The Morgan fingerprint density at radius 3 is 2.63 bits per heavy atom. The molecule has 1 aromatic rings. The van der Waals surface area contributed by atoms with Crippen LogP contribution in [0.25, 0.3) is 0 Å². The van der Waals surface area contributed by atoms with E-state index in [1.807, 2.05) is 0 Å². The van der Waals surface area contributed by atoms with Crippen LogP contribution in [0.2, 0.25) is 0 Å². The van der Waals surface area contributed by atoms with Gasteiger partial charge in [0.25, 0.3) is 0 Å². The van der Waals surface area contributed by atoms with Crippen molar-refractivity contribution in [3.8, 4) is 0 Å². The summed E-state index contributed by atoms with van der Waals surface area (Å²) < 4.78 is 29.1. The Labute approximate surface area is 114 Å². The van der Waals surface area contributed by atoms with Crippen molar-refractivity contribution in [2.24, 2.45) is 18.7 Å². The largest absolute Gasteiger partial charge is 0.329 e. The molecule has 0 spiro atoms.